The number of halogens is 1. The number of nitrogens with one attached hydrogen (secondary N) is 1. The molecule has 92 valence electrons. The van der Waals surface area contributed by atoms with Gasteiger partial charge in [-0.15, -0.1) is 0 Å². The van der Waals surface area contributed by atoms with Crippen LogP contribution in [-0.4, -0.2) is 27.6 Å². The quantitative estimate of drug-likeness (QED) is 0.899. The van der Waals surface area contributed by atoms with Crippen LogP contribution in [0, 0.1) is 0 Å². The summed E-state index contributed by atoms with van der Waals surface area (Å²) >= 11 is 5.09. The Bertz CT molecular complexity index is 440. The SMILES string of the molecule is CC1SCCC1(Nc1cccc(Br)c1)C(=O)O. The molecule has 2 unspecified atom stereocenters. The molecule has 0 spiro atoms. The van der Waals surface area contributed by atoms with Gasteiger partial charge >= 0.3 is 5.97 Å². The van der Waals surface area contributed by atoms with Gasteiger partial charge < -0.3 is 10.4 Å². The fourth-order valence-corrected chi connectivity index (χ4v) is 3.82. The van der Waals surface area contributed by atoms with Gasteiger partial charge in [0, 0.05) is 15.4 Å². The van der Waals surface area contributed by atoms with Crippen LogP contribution in [0.25, 0.3) is 0 Å². The summed E-state index contributed by atoms with van der Waals surface area (Å²) in [4.78, 5) is 11.5. The Balaban J connectivity index is 2.28. The molecule has 3 nitrogen and oxygen atoms in total. The fraction of sp³-hybridized carbons (Fsp3) is 0.417. The molecule has 0 saturated carbocycles. The molecule has 2 atom stereocenters. The van der Waals surface area contributed by atoms with Gasteiger partial charge in [0.2, 0.25) is 0 Å². The highest BCUT2D eigenvalue weighted by molar-refractivity contribution is 9.10. The maximum Gasteiger partial charge on any atom is 0.330 e. The zero-order chi connectivity index (χ0) is 12.5. The Morgan fingerprint density at radius 3 is 2.94 bits per heavy atom. The molecule has 2 N–H and O–H groups in total. The first kappa shape index (κ1) is 12.8. The summed E-state index contributed by atoms with van der Waals surface area (Å²) in [7, 11) is 0. The molecule has 0 aromatic heterocycles. The van der Waals surface area contributed by atoms with Gasteiger partial charge in [-0.05, 0) is 30.4 Å². The van der Waals surface area contributed by atoms with E-state index in [9.17, 15) is 9.90 Å². The van der Waals surface area contributed by atoms with Gasteiger partial charge in [-0.3, -0.25) is 0 Å². The summed E-state index contributed by atoms with van der Waals surface area (Å²) < 4.78 is 0.946. The Labute approximate surface area is 113 Å². The normalized spacial score (nSPS) is 28.0. The third-order valence-electron chi connectivity index (χ3n) is 3.13. The molecular weight excluding hydrogens is 302 g/mol. The molecule has 1 saturated heterocycles. The highest BCUT2D eigenvalue weighted by atomic mass is 79.9. The van der Waals surface area contributed by atoms with Crippen molar-refractivity contribution in [3.63, 3.8) is 0 Å². The van der Waals surface area contributed by atoms with E-state index < -0.39 is 11.5 Å². The van der Waals surface area contributed by atoms with Gasteiger partial charge in [0.05, 0.1) is 0 Å². The van der Waals surface area contributed by atoms with Crippen molar-refractivity contribution in [2.75, 3.05) is 11.1 Å². The first-order valence-corrected chi connectivity index (χ1v) is 7.27. The maximum atomic E-state index is 11.5. The van der Waals surface area contributed by atoms with Gasteiger partial charge in [0.25, 0.3) is 0 Å². The zero-order valence-electron chi connectivity index (χ0n) is 9.44. The summed E-state index contributed by atoms with van der Waals surface area (Å²) in [6, 6.07) is 7.62. The van der Waals surface area contributed by atoms with Gasteiger partial charge in [0.1, 0.15) is 5.54 Å². The number of thioether (sulfide) groups is 1. The largest absolute Gasteiger partial charge is 0.479 e. The minimum absolute atomic E-state index is 0.0685. The second kappa shape index (κ2) is 4.90. The Morgan fingerprint density at radius 1 is 1.65 bits per heavy atom. The Kier molecular flexibility index (Phi) is 3.68. The van der Waals surface area contributed by atoms with Crippen molar-refractivity contribution >= 4 is 39.3 Å². The van der Waals surface area contributed by atoms with Crippen LogP contribution >= 0.6 is 27.7 Å². The molecule has 1 heterocycles. The molecule has 1 aromatic rings. The molecule has 5 heteroatoms. The number of carboxylic acids is 1. The highest BCUT2D eigenvalue weighted by Gasteiger charge is 2.47. The summed E-state index contributed by atoms with van der Waals surface area (Å²) in [5, 5.41) is 12.7. The van der Waals surface area contributed by atoms with E-state index in [1.165, 1.54) is 0 Å². The minimum atomic E-state index is -0.842. The summed E-state index contributed by atoms with van der Waals surface area (Å²) in [6.45, 7) is 1.97. The van der Waals surface area contributed by atoms with Crippen LogP contribution in [0.15, 0.2) is 28.7 Å². The zero-order valence-corrected chi connectivity index (χ0v) is 11.8. The molecule has 0 aliphatic carbocycles. The Morgan fingerprint density at radius 2 is 2.41 bits per heavy atom. The number of anilines is 1. The topological polar surface area (TPSA) is 49.3 Å². The van der Waals surface area contributed by atoms with Crippen LogP contribution in [-0.2, 0) is 4.79 Å². The van der Waals surface area contributed by atoms with Gasteiger partial charge in [-0.25, -0.2) is 4.79 Å². The van der Waals surface area contributed by atoms with Gasteiger partial charge in [-0.1, -0.05) is 28.9 Å². The lowest BCUT2D eigenvalue weighted by molar-refractivity contribution is -0.142. The van der Waals surface area contributed by atoms with E-state index in [0.29, 0.717) is 6.42 Å². The minimum Gasteiger partial charge on any atom is -0.479 e. The second-order valence-corrected chi connectivity index (χ2v) is 6.54. The van der Waals surface area contributed by atoms with Gasteiger partial charge in [-0.2, -0.15) is 11.8 Å². The first-order valence-electron chi connectivity index (χ1n) is 5.43. The second-order valence-electron chi connectivity index (χ2n) is 4.17. The average molecular weight is 316 g/mol. The lowest BCUT2D eigenvalue weighted by Gasteiger charge is -2.30. The molecule has 0 amide bonds. The van der Waals surface area contributed by atoms with Crippen molar-refractivity contribution in [3.05, 3.63) is 28.7 Å². The lowest BCUT2D eigenvalue weighted by Crippen LogP contribution is -2.50. The van der Waals surface area contributed by atoms with Crippen molar-refractivity contribution in [2.45, 2.75) is 24.1 Å². The van der Waals surface area contributed by atoms with Crippen LogP contribution < -0.4 is 5.32 Å². The highest BCUT2D eigenvalue weighted by Crippen LogP contribution is 2.38. The molecule has 17 heavy (non-hydrogen) atoms. The smallest absolute Gasteiger partial charge is 0.330 e. The van der Waals surface area contributed by atoms with Crippen LogP contribution in [0.1, 0.15) is 13.3 Å². The van der Waals surface area contributed by atoms with Crippen molar-refractivity contribution in [3.8, 4) is 0 Å². The number of rotatable bonds is 3. The molecule has 0 bridgehead atoms. The van der Waals surface area contributed by atoms with Crippen LogP contribution in [0.4, 0.5) is 5.69 Å². The van der Waals surface area contributed by atoms with E-state index in [1.54, 1.807) is 11.8 Å². The van der Waals surface area contributed by atoms with Crippen LogP contribution in [0.3, 0.4) is 0 Å². The molecule has 0 radical (unpaired) electrons. The van der Waals surface area contributed by atoms with E-state index in [4.69, 9.17) is 0 Å². The molecule has 1 aliphatic heterocycles. The summed E-state index contributed by atoms with van der Waals surface area (Å²) in [5.74, 6) is 0.115. The van der Waals surface area contributed by atoms with Crippen molar-refractivity contribution in [1.29, 1.82) is 0 Å². The van der Waals surface area contributed by atoms with Crippen LogP contribution in [0.5, 0.6) is 0 Å². The van der Waals surface area contributed by atoms with E-state index in [1.807, 2.05) is 31.2 Å². The number of hydrogen-bond acceptors (Lipinski definition) is 3. The van der Waals surface area contributed by atoms with Crippen molar-refractivity contribution < 1.29 is 9.90 Å². The summed E-state index contributed by atoms with van der Waals surface area (Å²) in [6.07, 6.45) is 0.653. The fourth-order valence-electron chi connectivity index (χ4n) is 2.06. The third kappa shape index (κ3) is 2.45. The summed E-state index contributed by atoms with van der Waals surface area (Å²) in [5.41, 5.74) is 0.00183. The van der Waals surface area contributed by atoms with Crippen molar-refractivity contribution in [2.24, 2.45) is 0 Å². The molecule has 1 aromatic carbocycles. The molecular formula is C12H14BrNO2S. The predicted octanol–water partition coefficient (Wildman–Crippen LogP) is 3.21. The molecule has 2 rings (SSSR count). The third-order valence-corrected chi connectivity index (χ3v) is 4.97. The number of hydrogen-bond donors (Lipinski definition) is 2. The number of carboxylic acid groups (broad SMARTS) is 1. The lowest BCUT2D eigenvalue weighted by atomic mass is 9.92. The van der Waals surface area contributed by atoms with Gasteiger partial charge in [0.15, 0.2) is 0 Å². The maximum absolute atomic E-state index is 11.5. The standard InChI is InChI=1S/C12H14BrNO2S/c1-8-12(11(15)16,5-6-17-8)14-10-4-2-3-9(13)7-10/h2-4,7-8,14H,5-6H2,1H3,(H,15,16). The number of aliphatic carboxylic acids is 1. The van der Waals surface area contributed by atoms with Crippen molar-refractivity contribution in [1.82, 2.24) is 0 Å². The molecule has 1 fully saturated rings. The first-order chi connectivity index (χ1) is 8.04. The number of benzene rings is 1. The Hall–Kier alpha value is -0.680. The van der Waals surface area contributed by atoms with E-state index in [2.05, 4.69) is 21.2 Å². The molecule has 1 aliphatic rings. The average Bonchev–Trinajstić information content (AvgIpc) is 2.61. The monoisotopic (exact) mass is 315 g/mol. The van der Waals surface area contributed by atoms with E-state index in [-0.39, 0.29) is 5.25 Å². The van der Waals surface area contributed by atoms with E-state index >= 15 is 0 Å². The van der Waals surface area contributed by atoms with E-state index in [0.717, 1.165) is 15.9 Å². The predicted molar refractivity (Wildman–Crippen MR) is 74.7 cm³/mol. The van der Waals surface area contributed by atoms with Crippen LogP contribution in [0.2, 0.25) is 0 Å². The number of carbonyl (C=O) groups is 1.